The summed E-state index contributed by atoms with van der Waals surface area (Å²) in [4.78, 5) is 22.9. The first-order chi connectivity index (χ1) is 7.63. The molecular formula is C10H15F2NO4. The van der Waals surface area contributed by atoms with Crippen LogP contribution in [0.5, 0.6) is 0 Å². The Hall–Kier alpha value is -1.40. The van der Waals surface area contributed by atoms with E-state index < -0.39 is 42.6 Å². The molecule has 1 aliphatic rings. The average Bonchev–Trinajstić information content (AvgIpc) is 2.40. The number of carbonyl (C=O) groups excluding carboxylic acids is 1. The van der Waals surface area contributed by atoms with Crippen molar-refractivity contribution in [2.24, 2.45) is 0 Å². The Morgan fingerprint density at radius 1 is 1.35 bits per heavy atom. The quantitative estimate of drug-likeness (QED) is 0.764. The molecule has 5 nitrogen and oxygen atoms in total. The average molecular weight is 251 g/mol. The van der Waals surface area contributed by atoms with Crippen LogP contribution in [0, 0.1) is 0 Å². The van der Waals surface area contributed by atoms with E-state index in [2.05, 4.69) is 0 Å². The Morgan fingerprint density at radius 3 is 2.29 bits per heavy atom. The monoisotopic (exact) mass is 251 g/mol. The molecule has 1 saturated heterocycles. The minimum Gasteiger partial charge on any atom is -0.480 e. The molecule has 0 spiro atoms. The second-order valence-electron chi connectivity index (χ2n) is 4.88. The Balaban J connectivity index is 2.82. The molecule has 0 aromatic carbocycles. The zero-order valence-electron chi connectivity index (χ0n) is 9.81. The Kier molecular flexibility index (Phi) is 3.59. The summed E-state index contributed by atoms with van der Waals surface area (Å²) in [5, 5.41) is 8.76. The minimum absolute atomic E-state index is 0.572. The van der Waals surface area contributed by atoms with Gasteiger partial charge in [0, 0.05) is 0 Å². The van der Waals surface area contributed by atoms with E-state index in [9.17, 15) is 18.4 Å². The highest BCUT2D eigenvalue weighted by molar-refractivity contribution is 5.82. The molecule has 0 saturated carbocycles. The van der Waals surface area contributed by atoms with Crippen molar-refractivity contribution in [3.05, 3.63) is 0 Å². The van der Waals surface area contributed by atoms with Crippen molar-refractivity contribution in [1.82, 2.24) is 4.90 Å². The molecule has 0 aromatic heterocycles. The normalized spacial score (nSPS) is 29.2. The van der Waals surface area contributed by atoms with E-state index >= 15 is 0 Å². The van der Waals surface area contributed by atoms with Crippen LogP contribution in [-0.2, 0) is 9.53 Å². The summed E-state index contributed by atoms with van der Waals surface area (Å²) in [6.45, 7) is 4.14. The number of likely N-dealkylation sites (tertiary alicyclic amines) is 1. The van der Waals surface area contributed by atoms with Crippen molar-refractivity contribution < 1.29 is 28.2 Å². The van der Waals surface area contributed by atoms with Gasteiger partial charge in [0.25, 0.3) is 0 Å². The standard InChI is InChI=1S/C10H15F2NO4/c1-10(2,3)17-9(16)13-4-5(11)6(12)7(13)8(14)15/h5-7H,4H2,1-3H3,(H,14,15)/t5-,6-,7-/m0/s1. The number of carboxylic acid groups (broad SMARTS) is 1. The number of alkyl halides is 2. The summed E-state index contributed by atoms with van der Waals surface area (Å²) in [5.74, 6) is -1.58. The number of rotatable bonds is 1. The Morgan fingerprint density at radius 2 is 1.88 bits per heavy atom. The molecule has 0 aromatic rings. The molecule has 3 atom stereocenters. The fourth-order valence-corrected chi connectivity index (χ4v) is 1.55. The summed E-state index contributed by atoms with van der Waals surface area (Å²) in [5.41, 5.74) is -0.847. The van der Waals surface area contributed by atoms with Crippen molar-refractivity contribution in [2.75, 3.05) is 6.54 Å². The topological polar surface area (TPSA) is 66.8 Å². The number of carboxylic acids is 1. The second kappa shape index (κ2) is 4.46. The third-order valence-corrected chi connectivity index (χ3v) is 2.24. The lowest BCUT2D eigenvalue weighted by Crippen LogP contribution is -2.46. The Bertz CT molecular complexity index is 329. The third kappa shape index (κ3) is 3.04. The van der Waals surface area contributed by atoms with Gasteiger partial charge in [-0.05, 0) is 20.8 Å². The number of aliphatic carboxylic acids is 1. The van der Waals surface area contributed by atoms with Gasteiger partial charge in [0.15, 0.2) is 18.4 Å². The number of nitrogens with zero attached hydrogens (tertiary/aromatic N) is 1. The van der Waals surface area contributed by atoms with Crippen LogP contribution in [0.3, 0.4) is 0 Å². The lowest BCUT2D eigenvalue weighted by atomic mass is 10.2. The summed E-state index contributed by atoms with van der Waals surface area (Å²) in [6, 6.07) is -1.82. The number of ether oxygens (including phenoxy) is 1. The zero-order valence-corrected chi connectivity index (χ0v) is 9.81. The highest BCUT2D eigenvalue weighted by Gasteiger charge is 2.50. The molecular weight excluding hydrogens is 236 g/mol. The van der Waals surface area contributed by atoms with Crippen LogP contribution >= 0.6 is 0 Å². The lowest BCUT2D eigenvalue weighted by Gasteiger charge is -2.26. The highest BCUT2D eigenvalue weighted by Crippen LogP contribution is 2.26. The van der Waals surface area contributed by atoms with Crippen LogP contribution in [0.15, 0.2) is 0 Å². The van der Waals surface area contributed by atoms with Gasteiger partial charge in [-0.2, -0.15) is 0 Å². The molecule has 17 heavy (non-hydrogen) atoms. The van der Waals surface area contributed by atoms with Crippen molar-refractivity contribution in [1.29, 1.82) is 0 Å². The van der Waals surface area contributed by atoms with Gasteiger partial charge in [-0.1, -0.05) is 0 Å². The van der Waals surface area contributed by atoms with Gasteiger partial charge in [0.1, 0.15) is 5.60 Å². The predicted octanol–water partition coefficient (Wildman–Crippen LogP) is 1.37. The number of carbonyl (C=O) groups is 2. The second-order valence-corrected chi connectivity index (χ2v) is 4.88. The maximum atomic E-state index is 13.3. The first-order valence-corrected chi connectivity index (χ1v) is 5.14. The molecule has 98 valence electrons. The van der Waals surface area contributed by atoms with Crippen LogP contribution in [0.25, 0.3) is 0 Å². The van der Waals surface area contributed by atoms with E-state index in [-0.39, 0.29) is 0 Å². The van der Waals surface area contributed by atoms with E-state index in [0.717, 1.165) is 0 Å². The van der Waals surface area contributed by atoms with Crippen molar-refractivity contribution in [3.63, 3.8) is 0 Å². The minimum atomic E-state index is -2.22. The maximum Gasteiger partial charge on any atom is 0.411 e. The zero-order chi connectivity index (χ0) is 13.4. The fourth-order valence-electron chi connectivity index (χ4n) is 1.55. The van der Waals surface area contributed by atoms with Crippen LogP contribution < -0.4 is 0 Å². The molecule has 7 heteroatoms. The summed E-state index contributed by atoms with van der Waals surface area (Å²) < 4.78 is 31.2. The maximum absolute atomic E-state index is 13.3. The first kappa shape index (κ1) is 13.7. The van der Waals surface area contributed by atoms with E-state index in [1.54, 1.807) is 20.8 Å². The largest absolute Gasteiger partial charge is 0.480 e. The lowest BCUT2D eigenvalue weighted by molar-refractivity contribution is -0.143. The van der Waals surface area contributed by atoms with Crippen molar-refractivity contribution >= 4 is 12.1 Å². The van der Waals surface area contributed by atoms with Crippen molar-refractivity contribution in [2.45, 2.75) is 44.8 Å². The van der Waals surface area contributed by atoms with Gasteiger partial charge in [-0.3, -0.25) is 4.90 Å². The molecule has 0 unspecified atom stereocenters. The molecule has 1 rings (SSSR count). The summed E-state index contributed by atoms with van der Waals surface area (Å²) in [7, 11) is 0. The smallest absolute Gasteiger partial charge is 0.411 e. The van der Waals surface area contributed by atoms with Gasteiger partial charge in [0.2, 0.25) is 0 Å². The number of halogens is 2. The number of amides is 1. The Labute approximate surface area is 97.3 Å². The van der Waals surface area contributed by atoms with E-state index in [4.69, 9.17) is 9.84 Å². The fraction of sp³-hybridized carbons (Fsp3) is 0.800. The molecule has 1 fully saturated rings. The van der Waals surface area contributed by atoms with Crippen LogP contribution in [-0.4, -0.2) is 52.6 Å². The highest BCUT2D eigenvalue weighted by atomic mass is 19.2. The van der Waals surface area contributed by atoms with Gasteiger partial charge in [0.05, 0.1) is 6.54 Å². The molecule has 1 heterocycles. The molecule has 1 aliphatic heterocycles. The third-order valence-electron chi connectivity index (χ3n) is 2.24. The van der Waals surface area contributed by atoms with Crippen molar-refractivity contribution in [3.8, 4) is 0 Å². The molecule has 0 bridgehead atoms. The number of hydrogen-bond donors (Lipinski definition) is 1. The predicted molar refractivity (Wildman–Crippen MR) is 54.2 cm³/mol. The van der Waals surface area contributed by atoms with E-state index in [1.807, 2.05) is 0 Å². The molecule has 1 amide bonds. The van der Waals surface area contributed by atoms with Crippen LogP contribution in [0.1, 0.15) is 20.8 Å². The molecule has 0 radical (unpaired) electrons. The first-order valence-electron chi connectivity index (χ1n) is 5.14. The molecule has 1 N–H and O–H groups in total. The molecule has 0 aliphatic carbocycles. The van der Waals surface area contributed by atoms with E-state index in [0.29, 0.717) is 4.90 Å². The van der Waals surface area contributed by atoms with Gasteiger partial charge in [-0.15, -0.1) is 0 Å². The van der Waals surface area contributed by atoms with Crippen LogP contribution in [0.2, 0.25) is 0 Å². The van der Waals surface area contributed by atoms with E-state index in [1.165, 1.54) is 0 Å². The SMILES string of the molecule is CC(C)(C)OC(=O)N1C[C@H](F)[C@H](F)[C@H]1C(=O)O. The van der Waals surface area contributed by atoms with Crippen LogP contribution in [0.4, 0.5) is 13.6 Å². The van der Waals surface area contributed by atoms with Gasteiger partial charge in [-0.25, -0.2) is 18.4 Å². The number of hydrogen-bond acceptors (Lipinski definition) is 3. The van der Waals surface area contributed by atoms with Gasteiger partial charge < -0.3 is 9.84 Å². The van der Waals surface area contributed by atoms with Gasteiger partial charge >= 0.3 is 12.1 Å². The summed E-state index contributed by atoms with van der Waals surface area (Å²) in [6.07, 6.45) is -5.24. The summed E-state index contributed by atoms with van der Waals surface area (Å²) >= 11 is 0.